The van der Waals surface area contributed by atoms with Crippen molar-refractivity contribution >= 4 is 34.4 Å². The van der Waals surface area contributed by atoms with Gasteiger partial charge in [0.1, 0.15) is 10.9 Å². The predicted molar refractivity (Wildman–Crippen MR) is 119 cm³/mol. The van der Waals surface area contributed by atoms with Gasteiger partial charge in [-0.05, 0) is 67.4 Å². The van der Waals surface area contributed by atoms with E-state index in [1.54, 1.807) is 0 Å². The van der Waals surface area contributed by atoms with Gasteiger partial charge in [-0.1, -0.05) is 59.9 Å². The molecule has 3 aromatic rings. The predicted octanol–water partition coefficient (Wildman–Crippen LogP) is 7.54. The smallest absolute Gasteiger partial charge is 0.0901 e. The Bertz CT molecular complexity index is 1020. The van der Waals surface area contributed by atoms with E-state index in [1.165, 1.54) is 34.3 Å². The van der Waals surface area contributed by atoms with Gasteiger partial charge in [-0.3, -0.25) is 0 Å². The molecular formula is C24H19S3+. The van der Waals surface area contributed by atoms with Crippen LogP contribution >= 0.6 is 23.5 Å². The Labute approximate surface area is 172 Å². The molecule has 1 unspecified atom stereocenters. The first kappa shape index (κ1) is 17.3. The van der Waals surface area contributed by atoms with E-state index in [2.05, 4.69) is 91.0 Å². The topological polar surface area (TPSA) is 0 Å². The summed E-state index contributed by atoms with van der Waals surface area (Å²) in [5.41, 5.74) is 0. The third-order valence-electron chi connectivity index (χ3n) is 4.62. The number of hydrogen-bond acceptors (Lipinski definition) is 2. The maximum Gasteiger partial charge on any atom is 0.180 e. The monoisotopic (exact) mass is 403 g/mol. The molecule has 27 heavy (non-hydrogen) atoms. The van der Waals surface area contributed by atoms with E-state index in [1.807, 2.05) is 23.5 Å². The van der Waals surface area contributed by atoms with Crippen molar-refractivity contribution in [2.24, 2.45) is 0 Å². The van der Waals surface area contributed by atoms with Crippen LogP contribution in [-0.4, -0.2) is 0 Å². The molecule has 3 aromatic carbocycles. The minimum Gasteiger partial charge on any atom is -0.0901 e. The Balaban J connectivity index is 1.51. The van der Waals surface area contributed by atoms with Crippen LogP contribution < -0.4 is 0 Å². The molecule has 0 bridgehead atoms. The fraction of sp³-hybridized carbons (Fsp3) is 0.0833. The van der Waals surface area contributed by atoms with Crippen LogP contribution in [0.4, 0.5) is 0 Å². The zero-order valence-corrected chi connectivity index (χ0v) is 17.2. The quantitative estimate of drug-likeness (QED) is 0.414. The van der Waals surface area contributed by atoms with E-state index in [-0.39, 0.29) is 10.9 Å². The molecule has 0 spiro atoms. The van der Waals surface area contributed by atoms with Gasteiger partial charge in [-0.15, -0.1) is 0 Å². The van der Waals surface area contributed by atoms with Crippen molar-refractivity contribution < 1.29 is 0 Å². The van der Waals surface area contributed by atoms with Crippen molar-refractivity contribution in [1.29, 1.82) is 0 Å². The molecule has 0 saturated carbocycles. The molecule has 0 nitrogen and oxygen atoms in total. The van der Waals surface area contributed by atoms with Gasteiger partial charge in [-0.25, -0.2) is 0 Å². The highest BCUT2D eigenvalue weighted by Crippen LogP contribution is 2.51. The number of thioether (sulfide) groups is 1. The van der Waals surface area contributed by atoms with E-state index >= 15 is 0 Å². The maximum absolute atomic E-state index is 2.47. The first-order valence-corrected chi connectivity index (χ1v) is 12.0. The Hall–Kier alpha value is -1.81. The van der Waals surface area contributed by atoms with Crippen molar-refractivity contribution in [1.82, 2.24) is 0 Å². The number of benzene rings is 3. The summed E-state index contributed by atoms with van der Waals surface area (Å²) < 4.78 is 0. The van der Waals surface area contributed by atoms with E-state index in [9.17, 15) is 0 Å². The molecule has 0 N–H and O–H groups in total. The van der Waals surface area contributed by atoms with Crippen LogP contribution in [0.15, 0.2) is 125 Å². The summed E-state index contributed by atoms with van der Waals surface area (Å²) in [5.74, 6) is 0. The highest BCUT2D eigenvalue weighted by atomic mass is 32.2. The lowest BCUT2D eigenvalue weighted by Crippen LogP contribution is -2.14. The molecular weight excluding hydrogens is 384 g/mol. The van der Waals surface area contributed by atoms with Crippen LogP contribution in [0.25, 0.3) is 0 Å². The third-order valence-corrected chi connectivity index (χ3v) is 9.44. The third kappa shape index (κ3) is 3.52. The summed E-state index contributed by atoms with van der Waals surface area (Å²) in [7, 11) is 0.00850. The minimum absolute atomic E-state index is 0.00850. The Kier molecular flexibility index (Phi) is 4.91. The Morgan fingerprint density at radius 2 is 1.41 bits per heavy atom. The summed E-state index contributed by atoms with van der Waals surface area (Å²) in [6, 6.07) is 28.7. The van der Waals surface area contributed by atoms with Gasteiger partial charge in [0.2, 0.25) is 0 Å². The molecule has 5 rings (SSSR count). The summed E-state index contributed by atoms with van der Waals surface area (Å²) in [5, 5.41) is 0. The van der Waals surface area contributed by atoms with Gasteiger partial charge in [0, 0.05) is 9.79 Å². The highest BCUT2D eigenvalue weighted by molar-refractivity contribution is 8.09. The second-order valence-corrected chi connectivity index (χ2v) is 10.6. The fourth-order valence-electron chi connectivity index (χ4n) is 3.37. The van der Waals surface area contributed by atoms with E-state index < -0.39 is 0 Å². The van der Waals surface area contributed by atoms with E-state index in [0.29, 0.717) is 0 Å². The molecule has 1 aliphatic carbocycles. The number of fused-ring (bicyclic) bond motifs is 2. The molecule has 1 atom stereocenters. The van der Waals surface area contributed by atoms with Gasteiger partial charge in [-0.2, -0.15) is 0 Å². The first-order valence-electron chi connectivity index (χ1n) is 9.13. The zero-order chi connectivity index (χ0) is 18.1. The number of hydrogen-bond donors (Lipinski definition) is 0. The largest absolute Gasteiger partial charge is 0.180 e. The van der Waals surface area contributed by atoms with Crippen LogP contribution in [0.2, 0.25) is 0 Å². The summed E-state index contributed by atoms with van der Waals surface area (Å²) >= 11 is 3.76. The average Bonchev–Trinajstić information content (AvgIpc) is 2.73. The number of rotatable bonds is 3. The lowest BCUT2D eigenvalue weighted by Gasteiger charge is -2.23. The van der Waals surface area contributed by atoms with Gasteiger partial charge in [0.15, 0.2) is 14.7 Å². The van der Waals surface area contributed by atoms with Crippen molar-refractivity contribution in [3.05, 3.63) is 101 Å². The second-order valence-electron chi connectivity index (χ2n) is 6.46. The van der Waals surface area contributed by atoms with Crippen molar-refractivity contribution in [3.8, 4) is 0 Å². The van der Waals surface area contributed by atoms with E-state index in [4.69, 9.17) is 0 Å². The van der Waals surface area contributed by atoms with Crippen LogP contribution in [0.3, 0.4) is 0 Å². The normalized spacial score (nSPS) is 18.1. The lowest BCUT2D eigenvalue weighted by molar-refractivity contribution is 1.02. The van der Waals surface area contributed by atoms with Gasteiger partial charge < -0.3 is 0 Å². The van der Waals surface area contributed by atoms with Crippen molar-refractivity contribution in [2.75, 3.05) is 0 Å². The Morgan fingerprint density at radius 1 is 0.704 bits per heavy atom. The van der Waals surface area contributed by atoms with Crippen LogP contribution in [-0.2, 0) is 10.9 Å². The molecule has 0 radical (unpaired) electrons. The zero-order valence-electron chi connectivity index (χ0n) is 14.8. The first-order chi connectivity index (χ1) is 13.4. The van der Waals surface area contributed by atoms with Crippen LogP contribution in [0.1, 0.15) is 12.8 Å². The minimum atomic E-state index is 0.00850. The fourth-order valence-corrected chi connectivity index (χ4v) is 8.10. The summed E-state index contributed by atoms with van der Waals surface area (Å²) in [6.07, 6.45) is 7.22. The average molecular weight is 404 g/mol. The molecule has 1 heterocycles. The molecule has 0 saturated heterocycles. The SMILES string of the molecule is C1=C2Sc3ccccc3[S+](c3ccc(Sc4ccccc4)cc3)C2=CCC1. The van der Waals surface area contributed by atoms with Gasteiger partial charge in [0.05, 0.1) is 9.80 Å². The van der Waals surface area contributed by atoms with E-state index in [0.717, 1.165) is 12.8 Å². The van der Waals surface area contributed by atoms with Crippen LogP contribution in [0, 0.1) is 0 Å². The molecule has 2 aliphatic rings. The molecule has 132 valence electrons. The summed E-state index contributed by atoms with van der Waals surface area (Å²) in [6.45, 7) is 0. The maximum atomic E-state index is 2.47. The second kappa shape index (κ2) is 7.67. The summed E-state index contributed by atoms with van der Waals surface area (Å²) in [4.78, 5) is 9.86. The standard InChI is InChI=1S/C24H19S3/c1-2-8-18(9-3-1)25-19-14-16-20(17-15-19)27-23-12-6-4-10-21(23)26-22-11-5-7-13-24(22)27/h1-4,6,8-17H,5,7H2/q+1. The highest BCUT2D eigenvalue weighted by Gasteiger charge is 2.40. The molecule has 0 aromatic heterocycles. The number of allylic oxidation sites excluding steroid dienone is 2. The van der Waals surface area contributed by atoms with Crippen molar-refractivity contribution in [2.45, 2.75) is 37.3 Å². The van der Waals surface area contributed by atoms with Crippen molar-refractivity contribution in [3.63, 3.8) is 0 Å². The Morgan fingerprint density at radius 3 is 2.26 bits per heavy atom. The molecule has 1 aliphatic heterocycles. The molecule has 0 amide bonds. The van der Waals surface area contributed by atoms with Gasteiger partial charge in [0.25, 0.3) is 0 Å². The van der Waals surface area contributed by atoms with Crippen LogP contribution in [0.5, 0.6) is 0 Å². The lowest BCUT2D eigenvalue weighted by atomic mass is 10.2. The van der Waals surface area contributed by atoms with Gasteiger partial charge >= 0.3 is 0 Å². The molecule has 3 heteroatoms. The molecule has 0 fully saturated rings.